The van der Waals surface area contributed by atoms with E-state index in [1.807, 2.05) is 56.3 Å². The van der Waals surface area contributed by atoms with Crippen LogP contribution in [0.3, 0.4) is 0 Å². The van der Waals surface area contributed by atoms with Crippen LogP contribution in [0.25, 0.3) is 0 Å². The third-order valence-corrected chi connectivity index (χ3v) is 5.38. The van der Waals surface area contributed by atoms with Crippen LogP contribution in [0.2, 0.25) is 0 Å². The molecule has 0 saturated carbocycles. The molecule has 0 aromatic heterocycles. The van der Waals surface area contributed by atoms with Gasteiger partial charge in [-0.05, 0) is 43.2 Å². The number of rotatable bonds is 10. The Labute approximate surface area is 171 Å². The molecule has 28 heavy (non-hydrogen) atoms. The summed E-state index contributed by atoms with van der Waals surface area (Å²) in [5.74, 6) is 1.91. The van der Waals surface area contributed by atoms with E-state index in [1.165, 1.54) is 11.8 Å². The van der Waals surface area contributed by atoms with E-state index < -0.39 is 0 Å². The van der Waals surface area contributed by atoms with Gasteiger partial charge in [0.25, 0.3) is 0 Å². The Morgan fingerprint density at radius 3 is 2.43 bits per heavy atom. The molecule has 0 aliphatic heterocycles. The molecular formula is C22H28N2O3S. The summed E-state index contributed by atoms with van der Waals surface area (Å²) in [7, 11) is 1.62. The van der Waals surface area contributed by atoms with E-state index in [4.69, 9.17) is 4.74 Å². The molecule has 2 aromatic carbocycles. The number of thioether (sulfide) groups is 1. The quantitative estimate of drug-likeness (QED) is 0.590. The molecule has 0 spiro atoms. The van der Waals surface area contributed by atoms with Crippen LogP contribution in [0, 0.1) is 13.8 Å². The molecule has 2 N–H and O–H groups in total. The number of hydrogen-bond acceptors (Lipinski definition) is 4. The lowest BCUT2D eigenvalue weighted by molar-refractivity contribution is -0.118. The zero-order chi connectivity index (χ0) is 20.4. The highest BCUT2D eigenvalue weighted by Gasteiger charge is 2.08. The number of methoxy groups -OCH3 is 1. The lowest BCUT2D eigenvalue weighted by Gasteiger charge is -2.11. The fourth-order valence-corrected chi connectivity index (χ4v) is 3.59. The molecule has 0 bridgehead atoms. The Morgan fingerprint density at radius 2 is 1.71 bits per heavy atom. The normalized spacial score (nSPS) is 10.4. The van der Waals surface area contributed by atoms with Crippen LogP contribution in [0.5, 0.6) is 5.75 Å². The first-order valence-corrected chi connectivity index (χ1v) is 10.5. The number of nitrogens with one attached hydrogen (secondary N) is 2. The highest BCUT2D eigenvalue weighted by atomic mass is 32.2. The standard InChI is InChI=1S/C22H28N2O3S/c1-16-8-6-9-17(2)22(16)24-20(25)12-7-13-28-15-21(26)23-14-18-10-4-5-11-19(18)27-3/h4-6,8-11H,7,12-15H2,1-3H3,(H,23,26)(H,24,25). The maximum Gasteiger partial charge on any atom is 0.230 e. The zero-order valence-corrected chi connectivity index (χ0v) is 17.5. The summed E-state index contributed by atoms with van der Waals surface area (Å²) >= 11 is 1.54. The summed E-state index contributed by atoms with van der Waals surface area (Å²) in [5.41, 5.74) is 3.98. The summed E-state index contributed by atoms with van der Waals surface area (Å²) in [6.07, 6.45) is 1.19. The smallest absolute Gasteiger partial charge is 0.230 e. The zero-order valence-electron chi connectivity index (χ0n) is 16.7. The van der Waals surface area contributed by atoms with Crippen molar-refractivity contribution in [1.82, 2.24) is 5.32 Å². The summed E-state index contributed by atoms with van der Waals surface area (Å²) in [6, 6.07) is 13.6. The van der Waals surface area contributed by atoms with Crippen LogP contribution >= 0.6 is 11.8 Å². The van der Waals surface area contributed by atoms with Gasteiger partial charge in [-0.1, -0.05) is 36.4 Å². The molecule has 0 aliphatic carbocycles. The van der Waals surface area contributed by atoms with Gasteiger partial charge in [-0.3, -0.25) is 9.59 Å². The van der Waals surface area contributed by atoms with Crippen LogP contribution in [-0.4, -0.2) is 30.4 Å². The van der Waals surface area contributed by atoms with Crippen molar-refractivity contribution in [3.63, 3.8) is 0 Å². The average Bonchev–Trinajstić information content (AvgIpc) is 2.69. The molecule has 0 fully saturated rings. The number of ether oxygens (including phenoxy) is 1. The van der Waals surface area contributed by atoms with E-state index >= 15 is 0 Å². The number of carbonyl (C=O) groups is 2. The first-order chi connectivity index (χ1) is 13.5. The highest BCUT2D eigenvalue weighted by molar-refractivity contribution is 7.99. The van der Waals surface area contributed by atoms with Gasteiger partial charge in [0, 0.05) is 24.2 Å². The van der Waals surface area contributed by atoms with E-state index in [9.17, 15) is 9.59 Å². The minimum atomic E-state index is -0.0177. The van der Waals surface area contributed by atoms with E-state index in [-0.39, 0.29) is 11.8 Å². The molecule has 0 heterocycles. The monoisotopic (exact) mass is 400 g/mol. The molecule has 0 atom stereocenters. The number of carbonyl (C=O) groups excluding carboxylic acids is 2. The van der Waals surface area contributed by atoms with Crippen LogP contribution in [0.1, 0.15) is 29.5 Å². The second-order valence-corrected chi connectivity index (χ2v) is 7.66. The number of hydrogen-bond donors (Lipinski definition) is 2. The van der Waals surface area contributed by atoms with Gasteiger partial charge in [0.05, 0.1) is 12.9 Å². The van der Waals surface area contributed by atoms with E-state index in [1.54, 1.807) is 7.11 Å². The highest BCUT2D eigenvalue weighted by Crippen LogP contribution is 2.20. The number of anilines is 1. The topological polar surface area (TPSA) is 67.4 Å². The molecule has 5 nitrogen and oxygen atoms in total. The molecular weight excluding hydrogens is 372 g/mol. The van der Waals surface area contributed by atoms with Crippen molar-refractivity contribution in [3.8, 4) is 5.75 Å². The number of amides is 2. The molecule has 0 saturated heterocycles. The van der Waals surface area contributed by atoms with Gasteiger partial charge in [0.1, 0.15) is 5.75 Å². The third kappa shape index (κ3) is 6.93. The summed E-state index contributed by atoms with van der Waals surface area (Å²) in [5, 5.41) is 5.89. The van der Waals surface area contributed by atoms with Gasteiger partial charge in [-0.25, -0.2) is 0 Å². The molecule has 0 radical (unpaired) electrons. The summed E-state index contributed by atoms with van der Waals surface area (Å²) in [6.45, 7) is 4.42. The predicted octanol–water partition coefficient (Wildman–Crippen LogP) is 4.08. The summed E-state index contributed by atoms with van der Waals surface area (Å²) in [4.78, 5) is 24.1. The SMILES string of the molecule is COc1ccccc1CNC(=O)CSCCCC(=O)Nc1c(C)cccc1C. The maximum absolute atomic E-state index is 12.1. The second kappa shape index (κ2) is 11.4. The first-order valence-electron chi connectivity index (χ1n) is 9.33. The van der Waals surface area contributed by atoms with Gasteiger partial charge in [0.2, 0.25) is 11.8 Å². The Bertz CT molecular complexity index is 788. The second-order valence-electron chi connectivity index (χ2n) is 6.56. The summed E-state index contributed by atoms with van der Waals surface area (Å²) < 4.78 is 5.28. The number of benzene rings is 2. The minimum absolute atomic E-state index is 0.0126. The fraction of sp³-hybridized carbons (Fsp3) is 0.364. The molecule has 2 amide bonds. The van der Waals surface area contributed by atoms with Crippen LogP contribution in [-0.2, 0) is 16.1 Å². The molecule has 0 aliphatic rings. The lowest BCUT2D eigenvalue weighted by atomic mass is 10.1. The molecule has 2 rings (SSSR count). The van der Waals surface area contributed by atoms with Crippen LogP contribution in [0.15, 0.2) is 42.5 Å². The van der Waals surface area contributed by atoms with Crippen molar-refractivity contribution in [2.24, 2.45) is 0 Å². The molecule has 150 valence electrons. The largest absolute Gasteiger partial charge is 0.496 e. The average molecular weight is 401 g/mol. The van der Waals surface area contributed by atoms with Crippen molar-refractivity contribution >= 4 is 29.3 Å². The Hall–Kier alpha value is -2.47. The Balaban J connectivity index is 1.62. The first kappa shape index (κ1) is 21.8. The minimum Gasteiger partial charge on any atom is -0.496 e. The maximum atomic E-state index is 12.1. The lowest BCUT2D eigenvalue weighted by Crippen LogP contribution is -2.25. The fourth-order valence-electron chi connectivity index (χ4n) is 2.81. The van der Waals surface area contributed by atoms with Crippen LogP contribution in [0.4, 0.5) is 5.69 Å². The molecule has 2 aromatic rings. The molecule has 0 unspecified atom stereocenters. The van der Waals surface area contributed by atoms with Gasteiger partial charge in [0.15, 0.2) is 0 Å². The number of aryl methyl sites for hydroxylation is 2. The molecule has 6 heteroatoms. The van der Waals surface area contributed by atoms with Gasteiger partial charge < -0.3 is 15.4 Å². The van der Waals surface area contributed by atoms with E-state index in [0.717, 1.165) is 40.3 Å². The van der Waals surface area contributed by atoms with Crippen molar-refractivity contribution in [1.29, 1.82) is 0 Å². The Morgan fingerprint density at radius 1 is 1.00 bits per heavy atom. The third-order valence-electron chi connectivity index (χ3n) is 4.34. The van der Waals surface area contributed by atoms with Crippen molar-refractivity contribution in [2.75, 3.05) is 23.9 Å². The predicted molar refractivity (Wildman–Crippen MR) is 116 cm³/mol. The van der Waals surface area contributed by atoms with Crippen molar-refractivity contribution in [3.05, 3.63) is 59.2 Å². The van der Waals surface area contributed by atoms with E-state index in [2.05, 4.69) is 10.6 Å². The van der Waals surface area contributed by atoms with Gasteiger partial charge in [-0.15, -0.1) is 0 Å². The van der Waals surface area contributed by atoms with Gasteiger partial charge in [-0.2, -0.15) is 11.8 Å². The van der Waals surface area contributed by atoms with Crippen molar-refractivity contribution < 1.29 is 14.3 Å². The van der Waals surface area contributed by atoms with Crippen LogP contribution < -0.4 is 15.4 Å². The Kier molecular flexibility index (Phi) is 8.88. The van der Waals surface area contributed by atoms with Crippen molar-refractivity contribution in [2.45, 2.75) is 33.2 Å². The van der Waals surface area contributed by atoms with E-state index in [0.29, 0.717) is 18.7 Å². The number of para-hydroxylation sites is 2. The van der Waals surface area contributed by atoms with Gasteiger partial charge >= 0.3 is 0 Å².